The fourth-order valence-electron chi connectivity index (χ4n) is 1.86. The van der Waals surface area contributed by atoms with Crippen molar-refractivity contribution in [3.63, 3.8) is 0 Å². The van der Waals surface area contributed by atoms with E-state index in [2.05, 4.69) is 10.3 Å². The van der Waals surface area contributed by atoms with Gasteiger partial charge in [-0.3, -0.25) is 28.6 Å². The van der Waals surface area contributed by atoms with Gasteiger partial charge in [-0.15, -0.1) is 0 Å². The first kappa shape index (κ1) is 13.9. The third kappa shape index (κ3) is 3.28. The molecule has 3 amide bonds. The monoisotopic (exact) mass is 278 g/mol. The van der Waals surface area contributed by atoms with E-state index < -0.39 is 5.91 Å². The topological polar surface area (TPSA) is 101 Å². The summed E-state index contributed by atoms with van der Waals surface area (Å²) in [6, 6.07) is 1.32. The summed E-state index contributed by atoms with van der Waals surface area (Å²) in [6.45, 7) is 0.237. The number of nitrogens with zero attached hydrogens (tertiary/aromatic N) is 3. The van der Waals surface area contributed by atoms with Crippen molar-refractivity contribution in [2.24, 2.45) is 0 Å². The van der Waals surface area contributed by atoms with Gasteiger partial charge >= 0.3 is 0 Å². The van der Waals surface area contributed by atoms with Gasteiger partial charge in [0.1, 0.15) is 6.54 Å². The summed E-state index contributed by atoms with van der Waals surface area (Å²) in [6.07, 6.45) is 3.10. The molecule has 0 radical (unpaired) electrons. The zero-order valence-corrected chi connectivity index (χ0v) is 10.7. The summed E-state index contributed by atoms with van der Waals surface area (Å²) < 4.78 is 1.35. The van der Waals surface area contributed by atoms with Crippen LogP contribution in [0.15, 0.2) is 23.4 Å². The first-order valence-electron chi connectivity index (χ1n) is 6.18. The molecule has 1 aliphatic rings. The molecule has 0 saturated carbocycles. The van der Waals surface area contributed by atoms with Crippen LogP contribution in [-0.2, 0) is 20.9 Å². The van der Waals surface area contributed by atoms with Crippen LogP contribution in [0.3, 0.4) is 0 Å². The third-order valence-electron chi connectivity index (χ3n) is 2.92. The molecular weight excluding hydrogens is 264 g/mol. The Morgan fingerprint density at radius 1 is 1.25 bits per heavy atom. The number of hydrogen-bond acceptors (Lipinski definition) is 5. The number of amides is 3. The van der Waals surface area contributed by atoms with Crippen molar-refractivity contribution in [1.29, 1.82) is 0 Å². The summed E-state index contributed by atoms with van der Waals surface area (Å²) >= 11 is 0. The van der Waals surface area contributed by atoms with Gasteiger partial charge in [0.25, 0.3) is 5.56 Å². The van der Waals surface area contributed by atoms with Crippen molar-refractivity contribution in [1.82, 2.24) is 19.8 Å². The van der Waals surface area contributed by atoms with Crippen LogP contribution in [0.5, 0.6) is 0 Å². The van der Waals surface area contributed by atoms with Crippen molar-refractivity contribution in [2.75, 3.05) is 13.1 Å². The molecule has 106 valence electrons. The molecule has 0 bridgehead atoms. The zero-order chi connectivity index (χ0) is 14.5. The molecule has 0 atom stereocenters. The third-order valence-corrected chi connectivity index (χ3v) is 2.92. The molecule has 8 heteroatoms. The Kier molecular flexibility index (Phi) is 4.24. The lowest BCUT2D eigenvalue weighted by Crippen LogP contribution is -2.41. The fraction of sp³-hybridized carbons (Fsp3) is 0.417. The average molecular weight is 278 g/mol. The normalized spacial score (nSPS) is 14.7. The first-order valence-corrected chi connectivity index (χ1v) is 6.18. The van der Waals surface area contributed by atoms with Gasteiger partial charge in [0, 0.05) is 38.2 Å². The lowest BCUT2D eigenvalue weighted by Gasteiger charge is -2.13. The summed E-state index contributed by atoms with van der Waals surface area (Å²) in [5, 5.41) is 2.55. The molecule has 0 spiro atoms. The minimum absolute atomic E-state index is 0.164. The number of carbonyl (C=O) groups excluding carboxylic acids is 3. The van der Waals surface area contributed by atoms with Gasteiger partial charge in [-0.05, 0) is 0 Å². The molecule has 1 aliphatic heterocycles. The highest BCUT2D eigenvalue weighted by molar-refractivity contribution is 6.04. The van der Waals surface area contributed by atoms with Gasteiger partial charge in [0.2, 0.25) is 17.7 Å². The van der Waals surface area contributed by atoms with Gasteiger partial charge in [0.15, 0.2) is 0 Å². The molecule has 1 aromatic heterocycles. The molecule has 1 aromatic rings. The molecule has 2 heterocycles. The maximum Gasteiger partial charge on any atom is 0.253 e. The van der Waals surface area contributed by atoms with E-state index in [1.807, 2.05) is 0 Å². The Morgan fingerprint density at radius 3 is 2.60 bits per heavy atom. The van der Waals surface area contributed by atoms with Crippen LogP contribution in [0.2, 0.25) is 0 Å². The van der Waals surface area contributed by atoms with E-state index in [1.165, 1.54) is 23.2 Å². The number of aromatic nitrogens is 2. The average Bonchev–Trinajstić information content (AvgIpc) is 2.73. The highest BCUT2D eigenvalue weighted by Gasteiger charge is 2.30. The van der Waals surface area contributed by atoms with Gasteiger partial charge in [-0.1, -0.05) is 0 Å². The van der Waals surface area contributed by atoms with Gasteiger partial charge in [-0.2, -0.15) is 0 Å². The fourth-order valence-corrected chi connectivity index (χ4v) is 1.86. The Morgan fingerprint density at radius 2 is 1.95 bits per heavy atom. The minimum atomic E-state index is -0.425. The van der Waals surface area contributed by atoms with E-state index in [9.17, 15) is 19.2 Å². The summed E-state index contributed by atoms with van der Waals surface area (Å²) in [5.74, 6) is -1.08. The number of nitrogens with one attached hydrogen (secondary N) is 1. The number of hydrogen-bond donors (Lipinski definition) is 1. The van der Waals surface area contributed by atoms with Crippen LogP contribution in [0.4, 0.5) is 0 Å². The first-order chi connectivity index (χ1) is 9.58. The molecule has 1 fully saturated rings. The van der Waals surface area contributed by atoms with Crippen molar-refractivity contribution in [2.45, 2.75) is 19.4 Å². The number of rotatable bonds is 5. The molecule has 0 aliphatic carbocycles. The second-order valence-electron chi connectivity index (χ2n) is 4.34. The van der Waals surface area contributed by atoms with E-state index in [0.717, 1.165) is 4.90 Å². The molecule has 8 nitrogen and oxygen atoms in total. The smallest absolute Gasteiger partial charge is 0.253 e. The number of likely N-dealkylation sites (tertiary alicyclic amines) is 1. The van der Waals surface area contributed by atoms with Crippen molar-refractivity contribution in [3.05, 3.63) is 28.9 Å². The second kappa shape index (κ2) is 6.09. The lowest BCUT2D eigenvalue weighted by molar-refractivity contribution is -0.142. The molecule has 2 rings (SSSR count). The van der Waals surface area contributed by atoms with E-state index in [1.54, 1.807) is 0 Å². The standard InChI is InChI=1S/C12H14N4O4/c17-9(7-16-11(19)1-2-12(16)20)14-5-6-15-8-13-4-3-10(15)18/h3-4,8H,1-2,5-7H2,(H,14,17). The maximum absolute atomic E-state index is 11.6. The van der Waals surface area contributed by atoms with Crippen LogP contribution < -0.4 is 10.9 Å². The largest absolute Gasteiger partial charge is 0.353 e. The number of imide groups is 1. The molecule has 1 N–H and O–H groups in total. The number of carbonyl (C=O) groups is 3. The Labute approximate surface area is 114 Å². The Bertz CT molecular complexity index is 579. The van der Waals surface area contributed by atoms with Gasteiger partial charge < -0.3 is 5.32 Å². The van der Waals surface area contributed by atoms with Crippen molar-refractivity contribution in [3.8, 4) is 0 Å². The highest BCUT2D eigenvalue weighted by atomic mass is 16.2. The van der Waals surface area contributed by atoms with E-state index in [-0.39, 0.29) is 49.8 Å². The SMILES string of the molecule is O=C(CN1C(=O)CCC1=O)NCCn1cnccc1=O. The summed E-state index contributed by atoms with van der Waals surface area (Å²) in [5.41, 5.74) is -0.209. The molecule has 0 unspecified atom stereocenters. The van der Waals surface area contributed by atoms with Gasteiger partial charge in [-0.25, -0.2) is 4.98 Å². The zero-order valence-electron chi connectivity index (χ0n) is 10.7. The molecule has 20 heavy (non-hydrogen) atoms. The van der Waals surface area contributed by atoms with Crippen LogP contribution in [0.1, 0.15) is 12.8 Å². The van der Waals surface area contributed by atoms with E-state index in [4.69, 9.17) is 0 Å². The minimum Gasteiger partial charge on any atom is -0.353 e. The van der Waals surface area contributed by atoms with Crippen molar-refractivity contribution < 1.29 is 14.4 Å². The summed E-state index contributed by atoms with van der Waals surface area (Å²) in [7, 11) is 0. The second-order valence-corrected chi connectivity index (χ2v) is 4.34. The predicted octanol–water partition coefficient (Wildman–Crippen LogP) is -1.49. The predicted molar refractivity (Wildman–Crippen MR) is 67.5 cm³/mol. The van der Waals surface area contributed by atoms with Gasteiger partial charge in [0.05, 0.1) is 6.33 Å². The maximum atomic E-state index is 11.6. The van der Waals surface area contributed by atoms with E-state index in [0.29, 0.717) is 0 Å². The summed E-state index contributed by atoms with van der Waals surface area (Å²) in [4.78, 5) is 50.4. The molecule has 0 aromatic carbocycles. The van der Waals surface area contributed by atoms with Crippen LogP contribution in [0, 0.1) is 0 Å². The van der Waals surface area contributed by atoms with Crippen LogP contribution in [0.25, 0.3) is 0 Å². The highest BCUT2D eigenvalue weighted by Crippen LogP contribution is 2.10. The van der Waals surface area contributed by atoms with E-state index >= 15 is 0 Å². The van der Waals surface area contributed by atoms with Crippen LogP contribution in [-0.4, -0.2) is 45.3 Å². The molecule has 1 saturated heterocycles. The molecular formula is C12H14N4O4. The lowest BCUT2D eigenvalue weighted by atomic mass is 10.4. The Hall–Kier alpha value is -2.51. The quantitative estimate of drug-likeness (QED) is 0.661. The van der Waals surface area contributed by atoms with Crippen LogP contribution >= 0.6 is 0 Å². The van der Waals surface area contributed by atoms with Crippen molar-refractivity contribution >= 4 is 17.7 Å². The Balaban J connectivity index is 1.79.